The number of halogens is 2. The smallest absolute Gasteiger partial charge is 0.346 e. The van der Waals surface area contributed by atoms with Crippen LogP contribution in [-0.4, -0.2) is 46.6 Å². The first-order valence-corrected chi connectivity index (χ1v) is 20.4. The average molecular weight is 953 g/mol. The van der Waals surface area contributed by atoms with Crippen LogP contribution < -0.4 is 18.9 Å². The number of phenolic OH excluding ortho intramolecular Hbond substituents is 2. The van der Waals surface area contributed by atoms with Crippen LogP contribution in [0.1, 0.15) is 118 Å². The summed E-state index contributed by atoms with van der Waals surface area (Å²) in [5.74, 6) is -0.942. The molecule has 2 aliphatic heterocycles. The van der Waals surface area contributed by atoms with Gasteiger partial charge in [0.1, 0.15) is 65.0 Å². The zero-order valence-corrected chi connectivity index (χ0v) is 37.3. The lowest BCUT2D eigenvalue weighted by Gasteiger charge is -2.24. The molecule has 0 bridgehead atoms. The Hall–Kier alpha value is -5.52. The van der Waals surface area contributed by atoms with E-state index in [1.807, 2.05) is 33.8 Å². The molecule has 0 unspecified atom stereocenters. The molecule has 4 aromatic carbocycles. The molecule has 60 heavy (non-hydrogen) atoms. The van der Waals surface area contributed by atoms with Crippen LogP contribution in [0.5, 0.6) is 46.0 Å². The molecule has 0 aliphatic carbocycles. The van der Waals surface area contributed by atoms with Crippen molar-refractivity contribution in [3.05, 3.63) is 88.8 Å². The van der Waals surface area contributed by atoms with Crippen LogP contribution in [0.2, 0.25) is 0 Å². The molecule has 6 rings (SSSR count). The van der Waals surface area contributed by atoms with Crippen molar-refractivity contribution in [3.8, 4) is 58.1 Å². The van der Waals surface area contributed by atoms with E-state index in [1.165, 1.54) is 26.4 Å². The molecule has 0 radical (unpaired) electrons. The lowest BCUT2D eigenvalue weighted by molar-refractivity contribution is 0.0443. The lowest BCUT2D eigenvalue weighted by atomic mass is 9.96. The van der Waals surface area contributed by atoms with Crippen molar-refractivity contribution in [2.45, 2.75) is 79.8 Å². The zero-order valence-electron chi connectivity index (χ0n) is 34.2. The number of aliphatic hydroxyl groups excluding tert-OH is 2. The Balaban J connectivity index is 0.000000228. The third kappa shape index (κ3) is 8.69. The summed E-state index contributed by atoms with van der Waals surface area (Å²) in [6, 6.07) is 10.3. The number of carbonyl (C=O) groups is 2. The lowest BCUT2D eigenvalue weighted by Crippen LogP contribution is -2.16. The number of nitriles is 2. The number of cyclic esters (lactones) is 2. The monoisotopic (exact) mass is 950 g/mol. The standard InChI is InChI=1S/2C22H22BrNO6/c1-10(2)7-15(25)12-5-6-16-17(20(12)28-4)22(27)29-9-14-18(23)11(3)13(8-24)19(26)21(14)30-16;1-10(2)7-15(25)12-5-6-16-17(20(12)28-4)22(27)29-9-14-13(8-24)11(3)18(23)19(26)21(14)30-16/h2*5-6,10,15,25-26H,7,9H2,1-4H3/t2*15-/m00/s1. The van der Waals surface area contributed by atoms with Gasteiger partial charge in [0.05, 0.1) is 47.6 Å². The number of phenols is 2. The number of benzene rings is 4. The molecular formula is C44H44Br2N2O12. The molecule has 2 heterocycles. The van der Waals surface area contributed by atoms with E-state index in [2.05, 4.69) is 37.9 Å². The number of carbonyl (C=O) groups excluding carboxylic acids is 2. The number of hydrogen-bond donors (Lipinski definition) is 4. The summed E-state index contributed by atoms with van der Waals surface area (Å²) in [6.07, 6.45) is -0.726. The number of aliphatic hydroxyl groups is 2. The van der Waals surface area contributed by atoms with E-state index in [0.29, 0.717) is 49.6 Å². The molecule has 2 aliphatic rings. The molecule has 0 amide bonds. The average Bonchev–Trinajstić information content (AvgIpc) is 3.19. The van der Waals surface area contributed by atoms with Crippen LogP contribution in [0.25, 0.3) is 0 Å². The van der Waals surface area contributed by atoms with Crippen molar-refractivity contribution in [1.29, 1.82) is 10.5 Å². The largest absolute Gasteiger partial charge is 0.503 e. The van der Waals surface area contributed by atoms with Gasteiger partial charge in [-0.1, -0.05) is 27.7 Å². The van der Waals surface area contributed by atoms with Crippen LogP contribution in [-0.2, 0) is 22.7 Å². The summed E-state index contributed by atoms with van der Waals surface area (Å²) in [6.45, 7) is 10.8. The van der Waals surface area contributed by atoms with Gasteiger partial charge in [-0.05, 0) is 106 Å². The fraction of sp³-hybridized carbons (Fsp3) is 0.364. The van der Waals surface area contributed by atoms with E-state index in [9.17, 15) is 40.5 Å². The third-order valence-corrected chi connectivity index (χ3v) is 12.0. The second kappa shape index (κ2) is 18.8. The normalized spacial score (nSPS) is 13.9. The fourth-order valence-corrected chi connectivity index (χ4v) is 7.85. The predicted octanol–water partition coefficient (Wildman–Crippen LogP) is 9.77. The minimum Gasteiger partial charge on any atom is -0.503 e. The Labute approximate surface area is 364 Å². The van der Waals surface area contributed by atoms with E-state index in [0.717, 1.165) is 0 Å². The summed E-state index contributed by atoms with van der Waals surface area (Å²) in [7, 11) is 2.79. The summed E-state index contributed by atoms with van der Waals surface area (Å²) >= 11 is 6.68. The highest BCUT2D eigenvalue weighted by Crippen LogP contribution is 2.50. The second-order valence-corrected chi connectivity index (χ2v) is 16.5. The van der Waals surface area contributed by atoms with Gasteiger partial charge < -0.3 is 48.8 Å². The number of nitrogens with zero attached hydrogens (tertiary/aromatic N) is 2. The number of hydrogen-bond acceptors (Lipinski definition) is 14. The van der Waals surface area contributed by atoms with Crippen molar-refractivity contribution in [2.75, 3.05) is 14.2 Å². The van der Waals surface area contributed by atoms with Crippen LogP contribution in [0.3, 0.4) is 0 Å². The second-order valence-electron chi connectivity index (χ2n) is 14.9. The number of methoxy groups -OCH3 is 2. The number of ether oxygens (including phenoxy) is 6. The minimum atomic E-state index is -0.842. The SMILES string of the molecule is COc1c([C@@H](O)CC(C)C)ccc2c1C(=O)OCc1c(Br)c(C)c(C#N)c(O)c1O2.COc1c([C@@H](O)CC(C)C)ccc2c1C(=O)OCc1c(C#N)c(C)c(Br)c(O)c1O2. The summed E-state index contributed by atoms with van der Waals surface area (Å²) in [4.78, 5) is 25.7. The molecule has 4 aromatic rings. The van der Waals surface area contributed by atoms with E-state index in [-0.39, 0.29) is 98.9 Å². The third-order valence-electron chi connectivity index (χ3n) is 9.96. The highest BCUT2D eigenvalue weighted by Gasteiger charge is 2.34. The fourth-order valence-electron chi connectivity index (χ4n) is 6.98. The Morgan fingerprint density at radius 2 is 1.10 bits per heavy atom. The van der Waals surface area contributed by atoms with Gasteiger partial charge in [0, 0.05) is 15.6 Å². The van der Waals surface area contributed by atoms with Crippen molar-refractivity contribution >= 4 is 43.8 Å². The van der Waals surface area contributed by atoms with Crippen molar-refractivity contribution in [1.82, 2.24) is 0 Å². The maximum atomic E-state index is 12.9. The zero-order chi connectivity index (χ0) is 44.3. The maximum absolute atomic E-state index is 12.9. The molecule has 0 spiro atoms. The van der Waals surface area contributed by atoms with E-state index in [1.54, 1.807) is 26.0 Å². The minimum absolute atomic E-state index is 0.0121. The Kier molecular flexibility index (Phi) is 14.3. The first-order chi connectivity index (χ1) is 28.4. The number of fused-ring (bicyclic) bond motifs is 4. The van der Waals surface area contributed by atoms with Crippen LogP contribution in [0.15, 0.2) is 33.2 Å². The maximum Gasteiger partial charge on any atom is 0.346 e. The first kappa shape index (κ1) is 45.6. The number of esters is 2. The summed E-state index contributed by atoms with van der Waals surface area (Å²) in [5.41, 5.74) is 2.93. The van der Waals surface area contributed by atoms with Gasteiger partial charge >= 0.3 is 11.9 Å². The highest BCUT2D eigenvalue weighted by molar-refractivity contribution is 9.11. The van der Waals surface area contributed by atoms with Crippen LogP contribution in [0, 0.1) is 48.3 Å². The van der Waals surface area contributed by atoms with Gasteiger partial charge in [-0.15, -0.1) is 0 Å². The summed E-state index contributed by atoms with van der Waals surface area (Å²) in [5, 5.41) is 61.5. The topological polar surface area (TPSA) is 218 Å². The van der Waals surface area contributed by atoms with Crippen molar-refractivity contribution < 1.29 is 58.4 Å². The van der Waals surface area contributed by atoms with Crippen LogP contribution in [0.4, 0.5) is 0 Å². The van der Waals surface area contributed by atoms with Crippen LogP contribution >= 0.6 is 31.9 Å². The molecule has 0 saturated carbocycles. The van der Waals surface area contributed by atoms with Gasteiger partial charge in [-0.3, -0.25) is 0 Å². The van der Waals surface area contributed by atoms with Gasteiger partial charge in [0.15, 0.2) is 23.0 Å². The Morgan fingerprint density at radius 3 is 1.52 bits per heavy atom. The highest BCUT2D eigenvalue weighted by atomic mass is 79.9. The molecule has 2 atom stereocenters. The molecule has 4 N–H and O–H groups in total. The van der Waals surface area contributed by atoms with Gasteiger partial charge in [0.25, 0.3) is 0 Å². The Bertz CT molecular complexity index is 2380. The van der Waals surface area contributed by atoms with E-state index >= 15 is 0 Å². The van der Waals surface area contributed by atoms with Crippen molar-refractivity contribution in [2.24, 2.45) is 11.8 Å². The quantitative estimate of drug-likeness (QED) is 0.121. The van der Waals surface area contributed by atoms with Gasteiger partial charge in [-0.25, -0.2) is 9.59 Å². The molecule has 0 aromatic heterocycles. The predicted molar refractivity (Wildman–Crippen MR) is 224 cm³/mol. The van der Waals surface area contributed by atoms with E-state index in [4.69, 9.17) is 28.4 Å². The Morgan fingerprint density at radius 1 is 0.683 bits per heavy atom. The van der Waals surface area contributed by atoms with Crippen molar-refractivity contribution in [3.63, 3.8) is 0 Å². The first-order valence-electron chi connectivity index (χ1n) is 18.8. The summed E-state index contributed by atoms with van der Waals surface area (Å²) < 4.78 is 34.5. The van der Waals surface area contributed by atoms with Gasteiger partial charge in [0.2, 0.25) is 0 Å². The molecular weight excluding hydrogens is 908 g/mol. The van der Waals surface area contributed by atoms with Gasteiger partial charge in [-0.2, -0.15) is 10.5 Å². The molecule has 14 nitrogen and oxygen atoms in total. The molecule has 0 fully saturated rings. The number of aromatic hydroxyl groups is 2. The van der Waals surface area contributed by atoms with E-state index < -0.39 is 24.1 Å². The number of rotatable bonds is 8. The molecule has 0 saturated heterocycles. The molecule has 316 valence electrons. The molecule has 16 heteroatoms.